The van der Waals surface area contributed by atoms with E-state index in [-0.39, 0.29) is 16.7 Å². The van der Waals surface area contributed by atoms with Gasteiger partial charge >= 0.3 is 0 Å². The first-order chi connectivity index (χ1) is 40.3. The van der Waals surface area contributed by atoms with Crippen molar-refractivity contribution in [3.8, 4) is 73.1 Å². The Morgan fingerprint density at radius 3 is 1.59 bits per heavy atom. The molecular formula is C77H53N5. The van der Waals surface area contributed by atoms with Gasteiger partial charge in [-0.25, -0.2) is 19.9 Å². The third-order valence-corrected chi connectivity index (χ3v) is 18.6. The van der Waals surface area contributed by atoms with E-state index in [0.717, 1.165) is 73.5 Å². The van der Waals surface area contributed by atoms with Crippen molar-refractivity contribution in [1.29, 1.82) is 0 Å². The number of hydrogen-bond donors (Lipinski definition) is 0. The molecule has 0 spiro atoms. The summed E-state index contributed by atoms with van der Waals surface area (Å²) in [7, 11) is 0. The van der Waals surface area contributed by atoms with Crippen LogP contribution in [0, 0.1) is 0 Å². The predicted octanol–water partition coefficient (Wildman–Crippen LogP) is 18.7. The lowest BCUT2D eigenvalue weighted by Gasteiger charge is -2.28. The number of para-hydroxylation sites is 3. The van der Waals surface area contributed by atoms with Crippen molar-refractivity contribution in [2.24, 2.45) is 0 Å². The normalized spacial score (nSPS) is 15.4. The van der Waals surface area contributed by atoms with Gasteiger partial charge in [0.05, 0.1) is 33.7 Å². The highest BCUT2D eigenvalue weighted by molar-refractivity contribution is 6.11. The molecule has 3 aromatic heterocycles. The molecule has 0 bridgehead atoms. The maximum Gasteiger partial charge on any atom is 0.162 e. The van der Waals surface area contributed by atoms with Crippen LogP contribution in [0.4, 0.5) is 0 Å². The molecule has 1 atom stereocenters. The molecule has 5 heteroatoms. The number of rotatable bonds is 7. The van der Waals surface area contributed by atoms with Gasteiger partial charge in [-0.05, 0) is 126 Å². The summed E-state index contributed by atoms with van der Waals surface area (Å²) >= 11 is 0. The van der Waals surface area contributed by atoms with Crippen LogP contribution in [-0.4, -0.2) is 24.5 Å². The summed E-state index contributed by atoms with van der Waals surface area (Å²) in [5.74, 6) is 2.35. The van der Waals surface area contributed by atoms with Gasteiger partial charge in [-0.2, -0.15) is 0 Å². The van der Waals surface area contributed by atoms with Crippen LogP contribution in [0.2, 0.25) is 0 Å². The zero-order chi connectivity index (χ0) is 54.4. The van der Waals surface area contributed by atoms with E-state index >= 15 is 0 Å². The Hall–Kier alpha value is -10.1. The van der Waals surface area contributed by atoms with Crippen LogP contribution >= 0.6 is 0 Å². The Kier molecular flexibility index (Phi) is 9.95. The van der Waals surface area contributed by atoms with Crippen molar-refractivity contribution in [1.82, 2.24) is 24.5 Å². The summed E-state index contributed by atoms with van der Waals surface area (Å²) in [5.41, 5.74) is 25.8. The first-order valence-corrected chi connectivity index (χ1v) is 28.6. The van der Waals surface area contributed by atoms with Crippen LogP contribution in [0.3, 0.4) is 0 Å². The van der Waals surface area contributed by atoms with Gasteiger partial charge in [0, 0.05) is 43.5 Å². The highest BCUT2D eigenvalue weighted by Gasteiger charge is 2.42. The van der Waals surface area contributed by atoms with E-state index in [0.29, 0.717) is 0 Å². The van der Waals surface area contributed by atoms with Gasteiger partial charge in [0.25, 0.3) is 0 Å². The van der Waals surface area contributed by atoms with E-state index in [1.165, 1.54) is 94.2 Å². The lowest BCUT2D eigenvalue weighted by molar-refractivity contribution is 0.583. The quantitative estimate of drug-likeness (QED) is 0.160. The van der Waals surface area contributed by atoms with Gasteiger partial charge in [-0.1, -0.05) is 233 Å². The van der Waals surface area contributed by atoms with Crippen LogP contribution in [0.1, 0.15) is 71.3 Å². The minimum atomic E-state index is -0.306. The predicted molar refractivity (Wildman–Crippen MR) is 336 cm³/mol. The van der Waals surface area contributed by atoms with Crippen LogP contribution < -0.4 is 0 Å². The minimum absolute atomic E-state index is 0.00806. The van der Waals surface area contributed by atoms with Gasteiger partial charge in [0.1, 0.15) is 5.82 Å². The second-order valence-corrected chi connectivity index (χ2v) is 23.4. The summed E-state index contributed by atoms with van der Waals surface area (Å²) in [6.45, 7) is 7.08. The van der Waals surface area contributed by atoms with E-state index in [1.54, 1.807) is 0 Å². The Labute approximate surface area is 476 Å². The molecule has 0 saturated heterocycles. The van der Waals surface area contributed by atoms with E-state index in [2.05, 4.69) is 274 Å². The summed E-state index contributed by atoms with van der Waals surface area (Å²) in [5, 5.41) is 4.46. The Balaban J connectivity index is 0.740. The van der Waals surface area contributed by atoms with Crippen LogP contribution in [0.15, 0.2) is 249 Å². The zero-order valence-electron chi connectivity index (χ0n) is 45.7. The highest BCUT2D eigenvalue weighted by atomic mass is 15.1. The first-order valence-electron chi connectivity index (χ1n) is 28.6. The van der Waals surface area contributed by atoms with Crippen molar-refractivity contribution < 1.29 is 0 Å². The standard InChI is InChI=1S/C77H53N5/c1-76(2)61-31-13-8-25-54(61)69-58(29-18-33-63(69)76)74-79-66-36-16-11-28-57(66)75(81-74)82-67-37-17-12-22-51(67)60-44-48(42-43-68(60)82)47-40-38-46(39-41-47)45-77(3)62-32-14-9-26-55(62)70-59(30-19-34-64(70)77)73-78-65-35-15-10-27-56(65)72(80-73)71-52-23-6-4-20-49(52)50-21-5-7-24-53(50)71/h4-44,71H,45H2,1-3H3. The summed E-state index contributed by atoms with van der Waals surface area (Å²) in [4.78, 5) is 21.9. The smallest absolute Gasteiger partial charge is 0.162 e. The molecule has 3 heterocycles. The molecule has 0 N–H and O–H groups in total. The second-order valence-electron chi connectivity index (χ2n) is 23.4. The van der Waals surface area contributed by atoms with Gasteiger partial charge in [0.15, 0.2) is 11.6 Å². The SMILES string of the molecule is CC1(C)c2ccccc2-c2c(-c3nc(-n4c5ccccc5c5cc(-c6ccc(CC7(C)c8ccccc8-c8c(-c9nc(C%10c%11ccccc%11-c%11ccccc%11%10)c%10ccccc%10n9)cccc87)cc6)ccc54)c4ccccc4n3)cccc21. The summed E-state index contributed by atoms with van der Waals surface area (Å²) in [6.07, 6.45) is 0.831. The Morgan fingerprint density at radius 1 is 0.366 bits per heavy atom. The van der Waals surface area contributed by atoms with Crippen molar-refractivity contribution >= 4 is 43.6 Å². The summed E-state index contributed by atoms with van der Waals surface area (Å²) in [6, 6.07) is 90.9. The fourth-order valence-electron chi connectivity index (χ4n) is 14.8. The fraction of sp³-hybridized carbons (Fsp3) is 0.0909. The van der Waals surface area contributed by atoms with E-state index in [4.69, 9.17) is 19.9 Å². The number of hydrogen-bond acceptors (Lipinski definition) is 4. The topological polar surface area (TPSA) is 56.5 Å². The van der Waals surface area contributed by atoms with Crippen LogP contribution in [0.5, 0.6) is 0 Å². The molecule has 0 aliphatic heterocycles. The van der Waals surface area contributed by atoms with Crippen LogP contribution in [0.25, 0.3) is 117 Å². The minimum Gasteiger partial charge on any atom is -0.293 e. The molecule has 14 aromatic rings. The molecule has 386 valence electrons. The molecule has 0 radical (unpaired) electrons. The first kappa shape index (κ1) is 46.8. The summed E-state index contributed by atoms with van der Waals surface area (Å²) < 4.78 is 2.36. The maximum absolute atomic E-state index is 5.65. The lowest BCUT2D eigenvalue weighted by atomic mass is 9.75. The average molecular weight is 1050 g/mol. The third-order valence-electron chi connectivity index (χ3n) is 18.6. The second kappa shape index (κ2) is 17.4. The number of nitrogens with zero attached hydrogens (tertiary/aromatic N) is 5. The maximum atomic E-state index is 5.65. The van der Waals surface area contributed by atoms with Gasteiger partial charge in [-0.15, -0.1) is 0 Å². The third kappa shape index (κ3) is 6.68. The van der Waals surface area contributed by atoms with E-state index < -0.39 is 0 Å². The molecule has 3 aliphatic rings. The molecule has 5 nitrogen and oxygen atoms in total. The molecule has 3 aliphatic carbocycles. The van der Waals surface area contributed by atoms with Gasteiger partial charge in [0.2, 0.25) is 0 Å². The molecule has 82 heavy (non-hydrogen) atoms. The monoisotopic (exact) mass is 1050 g/mol. The molecule has 1 unspecified atom stereocenters. The highest BCUT2D eigenvalue weighted by Crippen LogP contribution is 2.55. The van der Waals surface area contributed by atoms with Crippen LogP contribution in [-0.2, 0) is 17.3 Å². The zero-order valence-corrected chi connectivity index (χ0v) is 45.7. The number of benzene rings is 11. The van der Waals surface area contributed by atoms with E-state index in [1.807, 2.05) is 0 Å². The van der Waals surface area contributed by atoms with Gasteiger partial charge < -0.3 is 0 Å². The number of fused-ring (bicyclic) bond motifs is 14. The molecule has 11 aromatic carbocycles. The Morgan fingerprint density at radius 2 is 0.866 bits per heavy atom. The Bertz CT molecular complexity index is 4980. The van der Waals surface area contributed by atoms with Crippen molar-refractivity contribution in [2.45, 2.75) is 43.9 Å². The molecule has 0 fully saturated rings. The molecule has 0 saturated carbocycles. The van der Waals surface area contributed by atoms with Gasteiger partial charge in [-0.3, -0.25) is 4.57 Å². The number of aromatic nitrogens is 5. The lowest BCUT2D eigenvalue weighted by Crippen LogP contribution is -2.24. The average Bonchev–Trinajstić information content (AvgIpc) is 3.32. The molecule has 17 rings (SSSR count). The fourth-order valence-corrected chi connectivity index (χ4v) is 14.8. The largest absolute Gasteiger partial charge is 0.293 e. The van der Waals surface area contributed by atoms with Crippen molar-refractivity contribution in [3.05, 3.63) is 293 Å². The molecule has 0 amide bonds. The van der Waals surface area contributed by atoms with Crippen molar-refractivity contribution in [2.75, 3.05) is 0 Å². The van der Waals surface area contributed by atoms with Crippen molar-refractivity contribution in [3.63, 3.8) is 0 Å². The van der Waals surface area contributed by atoms with E-state index in [9.17, 15) is 0 Å². The molecular weight excluding hydrogens is 995 g/mol.